The lowest BCUT2D eigenvalue weighted by Crippen LogP contribution is -1.96. The average Bonchev–Trinajstić information content (AvgIpc) is 2.38. The summed E-state index contributed by atoms with van der Waals surface area (Å²) in [5.41, 5.74) is 1.27. The Morgan fingerprint density at radius 1 is 1.35 bits per heavy atom. The van der Waals surface area contributed by atoms with E-state index < -0.39 is 5.97 Å². The zero-order chi connectivity index (χ0) is 12.1. The minimum atomic E-state index is -0.906. The predicted octanol–water partition coefficient (Wildman–Crippen LogP) is 2.47. The first-order valence-electron chi connectivity index (χ1n) is 4.97. The molecule has 86 valence electrons. The first-order valence-corrected chi connectivity index (χ1v) is 5.95. The molecule has 0 saturated heterocycles. The molecule has 0 spiro atoms. The van der Waals surface area contributed by atoms with Gasteiger partial charge in [-0.3, -0.25) is 4.98 Å². The van der Waals surface area contributed by atoms with Crippen molar-refractivity contribution in [1.82, 2.24) is 9.97 Å². The van der Waals surface area contributed by atoms with Crippen molar-refractivity contribution in [2.45, 2.75) is 10.8 Å². The van der Waals surface area contributed by atoms with Crippen molar-refractivity contribution < 1.29 is 9.90 Å². The fourth-order valence-electron chi connectivity index (χ4n) is 1.31. The van der Waals surface area contributed by atoms with Crippen LogP contribution in [0.15, 0.2) is 47.9 Å². The van der Waals surface area contributed by atoms with Crippen LogP contribution in [0.3, 0.4) is 0 Å². The Hall–Kier alpha value is -1.88. The van der Waals surface area contributed by atoms with Gasteiger partial charge in [0.2, 0.25) is 0 Å². The molecule has 0 aliphatic rings. The molecule has 0 atom stereocenters. The molecular weight excluding hydrogens is 236 g/mol. The molecule has 0 saturated carbocycles. The van der Waals surface area contributed by atoms with Gasteiger partial charge in [0, 0.05) is 18.1 Å². The Morgan fingerprint density at radius 3 is 2.94 bits per heavy atom. The lowest BCUT2D eigenvalue weighted by molar-refractivity contribution is 0.0697. The van der Waals surface area contributed by atoms with Crippen LogP contribution in [-0.4, -0.2) is 21.0 Å². The summed E-state index contributed by atoms with van der Waals surface area (Å²) in [6.45, 7) is 0. The van der Waals surface area contributed by atoms with Crippen molar-refractivity contribution in [2.24, 2.45) is 0 Å². The fourth-order valence-corrected chi connectivity index (χ4v) is 2.08. The van der Waals surface area contributed by atoms with E-state index in [1.165, 1.54) is 11.8 Å². The van der Waals surface area contributed by atoms with Crippen LogP contribution in [0.5, 0.6) is 0 Å². The SMILES string of the molecule is O=C(O)c1cccc(CSc2cnccn2)c1. The van der Waals surface area contributed by atoms with Gasteiger partial charge in [0.25, 0.3) is 0 Å². The molecule has 17 heavy (non-hydrogen) atoms. The highest BCUT2D eigenvalue weighted by Gasteiger charge is 2.03. The molecule has 4 nitrogen and oxygen atoms in total. The molecule has 0 bridgehead atoms. The van der Waals surface area contributed by atoms with Crippen molar-refractivity contribution in [2.75, 3.05) is 0 Å². The van der Waals surface area contributed by atoms with Crippen LogP contribution in [0.2, 0.25) is 0 Å². The smallest absolute Gasteiger partial charge is 0.335 e. The Bertz CT molecular complexity index is 517. The lowest BCUT2D eigenvalue weighted by atomic mass is 10.1. The van der Waals surface area contributed by atoms with Gasteiger partial charge in [0.1, 0.15) is 5.03 Å². The molecule has 0 unspecified atom stereocenters. The molecule has 1 aromatic heterocycles. The van der Waals surface area contributed by atoms with Crippen LogP contribution in [0.4, 0.5) is 0 Å². The second-order valence-electron chi connectivity index (χ2n) is 3.34. The van der Waals surface area contributed by atoms with Gasteiger partial charge in [-0.2, -0.15) is 0 Å². The Balaban J connectivity index is 2.04. The number of aromatic nitrogens is 2. The fraction of sp³-hybridized carbons (Fsp3) is 0.0833. The first-order chi connectivity index (χ1) is 8.25. The van der Waals surface area contributed by atoms with Crippen molar-refractivity contribution in [3.05, 3.63) is 54.0 Å². The number of rotatable bonds is 4. The number of carboxylic acids is 1. The maximum Gasteiger partial charge on any atom is 0.335 e. The monoisotopic (exact) mass is 246 g/mol. The molecular formula is C12H10N2O2S. The number of benzene rings is 1. The average molecular weight is 246 g/mol. The zero-order valence-electron chi connectivity index (χ0n) is 8.91. The van der Waals surface area contributed by atoms with Gasteiger partial charge in [0.15, 0.2) is 0 Å². The van der Waals surface area contributed by atoms with E-state index in [0.717, 1.165) is 10.6 Å². The number of hydrogen-bond donors (Lipinski definition) is 1. The zero-order valence-corrected chi connectivity index (χ0v) is 9.72. The Kier molecular flexibility index (Phi) is 3.72. The molecule has 5 heteroatoms. The summed E-state index contributed by atoms with van der Waals surface area (Å²) in [6.07, 6.45) is 4.94. The molecule has 2 rings (SSSR count). The van der Waals surface area contributed by atoms with Crippen LogP contribution in [0.25, 0.3) is 0 Å². The highest BCUT2D eigenvalue weighted by Crippen LogP contribution is 2.20. The standard InChI is InChI=1S/C12H10N2O2S/c15-12(16)10-3-1-2-9(6-10)8-17-11-7-13-4-5-14-11/h1-7H,8H2,(H,15,16). The maximum absolute atomic E-state index is 10.8. The van der Waals surface area contributed by atoms with Crippen molar-refractivity contribution in [3.63, 3.8) is 0 Å². The summed E-state index contributed by atoms with van der Waals surface area (Å²) >= 11 is 1.53. The van der Waals surface area contributed by atoms with Gasteiger partial charge in [-0.05, 0) is 17.7 Å². The molecule has 2 aromatic rings. The second-order valence-corrected chi connectivity index (χ2v) is 4.33. The molecule has 0 radical (unpaired) electrons. The molecule has 1 aromatic carbocycles. The van der Waals surface area contributed by atoms with Gasteiger partial charge in [0.05, 0.1) is 11.8 Å². The third-order valence-corrected chi connectivity index (χ3v) is 3.08. The summed E-state index contributed by atoms with van der Waals surface area (Å²) in [7, 11) is 0. The Morgan fingerprint density at radius 2 is 2.24 bits per heavy atom. The van der Waals surface area contributed by atoms with Gasteiger partial charge >= 0.3 is 5.97 Å². The van der Waals surface area contributed by atoms with E-state index >= 15 is 0 Å². The predicted molar refractivity (Wildman–Crippen MR) is 65.0 cm³/mol. The normalized spacial score (nSPS) is 10.1. The maximum atomic E-state index is 10.8. The minimum absolute atomic E-state index is 0.308. The van der Waals surface area contributed by atoms with E-state index in [1.807, 2.05) is 6.07 Å². The van der Waals surface area contributed by atoms with Crippen LogP contribution >= 0.6 is 11.8 Å². The summed E-state index contributed by atoms with van der Waals surface area (Å²) in [6, 6.07) is 6.90. The molecule has 0 aliphatic heterocycles. The number of thioether (sulfide) groups is 1. The van der Waals surface area contributed by atoms with Crippen LogP contribution < -0.4 is 0 Å². The largest absolute Gasteiger partial charge is 0.478 e. The molecule has 1 heterocycles. The quantitative estimate of drug-likeness (QED) is 0.839. The van der Waals surface area contributed by atoms with E-state index in [9.17, 15) is 4.79 Å². The number of carbonyl (C=O) groups is 1. The summed E-state index contributed by atoms with van der Waals surface area (Å²) in [4.78, 5) is 18.9. The first kappa shape index (κ1) is 11.6. The van der Waals surface area contributed by atoms with Crippen LogP contribution in [-0.2, 0) is 5.75 Å². The van der Waals surface area contributed by atoms with Crippen molar-refractivity contribution >= 4 is 17.7 Å². The second kappa shape index (κ2) is 5.45. The van der Waals surface area contributed by atoms with Crippen LogP contribution in [0, 0.1) is 0 Å². The molecule has 1 N–H and O–H groups in total. The molecule has 0 aliphatic carbocycles. The number of aromatic carboxylic acids is 1. The Labute approximate surface area is 103 Å². The highest BCUT2D eigenvalue weighted by molar-refractivity contribution is 7.98. The number of nitrogens with zero attached hydrogens (tertiary/aromatic N) is 2. The van der Waals surface area contributed by atoms with Crippen molar-refractivity contribution in [3.8, 4) is 0 Å². The van der Waals surface area contributed by atoms with Gasteiger partial charge < -0.3 is 5.11 Å². The van der Waals surface area contributed by atoms with E-state index in [1.54, 1.807) is 36.8 Å². The third kappa shape index (κ3) is 3.29. The van der Waals surface area contributed by atoms with E-state index in [0.29, 0.717) is 11.3 Å². The number of hydrogen-bond acceptors (Lipinski definition) is 4. The van der Waals surface area contributed by atoms with Gasteiger partial charge in [-0.25, -0.2) is 9.78 Å². The minimum Gasteiger partial charge on any atom is -0.478 e. The van der Waals surface area contributed by atoms with Crippen molar-refractivity contribution in [1.29, 1.82) is 0 Å². The summed E-state index contributed by atoms with van der Waals surface area (Å²) in [5, 5.41) is 9.69. The van der Waals surface area contributed by atoms with Gasteiger partial charge in [-0.1, -0.05) is 12.1 Å². The van der Waals surface area contributed by atoms with E-state index in [2.05, 4.69) is 9.97 Å². The van der Waals surface area contributed by atoms with E-state index in [4.69, 9.17) is 5.11 Å². The van der Waals surface area contributed by atoms with Crippen LogP contribution in [0.1, 0.15) is 15.9 Å². The summed E-state index contributed by atoms with van der Waals surface area (Å²) < 4.78 is 0. The van der Waals surface area contributed by atoms with Gasteiger partial charge in [-0.15, -0.1) is 11.8 Å². The number of carboxylic acid groups (broad SMARTS) is 1. The highest BCUT2D eigenvalue weighted by atomic mass is 32.2. The summed E-state index contributed by atoms with van der Waals surface area (Å²) in [5.74, 6) is -0.226. The topological polar surface area (TPSA) is 63.1 Å². The van der Waals surface area contributed by atoms with E-state index in [-0.39, 0.29) is 0 Å². The lowest BCUT2D eigenvalue weighted by Gasteiger charge is -2.02. The molecule has 0 amide bonds. The molecule has 0 fully saturated rings. The third-order valence-electron chi connectivity index (χ3n) is 2.10.